The molecule has 24 heavy (non-hydrogen) atoms. The van der Waals surface area contributed by atoms with E-state index in [-0.39, 0.29) is 34.0 Å². The Morgan fingerprint density at radius 2 is 1.50 bits per heavy atom. The Balaban J connectivity index is 0.00000264. The van der Waals surface area contributed by atoms with Crippen LogP contribution in [0.1, 0.15) is 11.3 Å². The van der Waals surface area contributed by atoms with Crippen LogP contribution in [0.3, 0.4) is 0 Å². The van der Waals surface area contributed by atoms with Crippen molar-refractivity contribution in [1.82, 2.24) is 0 Å². The Kier molecular flexibility index (Phi) is 11.3. The Morgan fingerprint density at radius 1 is 0.833 bits per heavy atom. The van der Waals surface area contributed by atoms with Gasteiger partial charge in [0.25, 0.3) is 0 Å². The van der Waals surface area contributed by atoms with Gasteiger partial charge in [-0.2, -0.15) is 4.57 Å². The van der Waals surface area contributed by atoms with Gasteiger partial charge in [-0.3, -0.25) is 0 Å². The molecule has 0 aliphatic heterocycles. The minimum absolute atomic E-state index is 0. The number of nitrogens with zero attached hydrogens (tertiary/aromatic N) is 4. The van der Waals surface area contributed by atoms with Crippen LogP contribution < -0.4 is 43.1 Å². The van der Waals surface area contributed by atoms with E-state index in [9.17, 15) is 0 Å². The molecule has 0 bridgehead atoms. The summed E-state index contributed by atoms with van der Waals surface area (Å²) in [6.07, 6.45) is 12.7. The summed E-state index contributed by atoms with van der Waals surface area (Å²) in [5, 5.41) is 23.1. The monoisotopic (exact) mass is 456 g/mol. The van der Waals surface area contributed by atoms with Crippen LogP contribution in [0.15, 0.2) is 71.4 Å². The fourth-order valence-corrected chi connectivity index (χ4v) is 1.96. The summed E-state index contributed by atoms with van der Waals surface area (Å²) in [5.74, 6) is 0. The minimum atomic E-state index is 0. The van der Waals surface area contributed by atoms with Gasteiger partial charge in [-0.25, -0.2) is 4.57 Å². The Morgan fingerprint density at radius 3 is 2.17 bits per heavy atom. The predicted octanol–water partition coefficient (Wildman–Crippen LogP) is -4.86. The lowest BCUT2D eigenvalue weighted by atomic mass is 10.3. The molecule has 128 valence electrons. The van der Waals surface area contributed by atoms with Crippen molar-refractivity contribution in [3.63, 3.8) is 0 Å². The molecule has 2 rings (SSSR count). The highest BCUT2D eigenvalue weighted by molar-refractivity contribution is 5.78. The molecule has 0 amide bonds. The highest BCUT2D eigenvalue weighted by atomic mass is 79.9. The van der Waals surface area contributed by atoms with E-state index < -0.39 is 0 Å². The van der Waals surface area contributed by atoms with Gasteiger partial charge in [0.05, 0.1) is 6.21 Å². The third-order valence-corrected chi connectivity index (χ3v) is 3.07. The van der Waals surface area contributed by atoms with E-state index in [4.69, 9.17) is 10.4 Å². The zero-order chi connectivity index (χ0) is 15.6. The lowest BCUT2D eigenvalue weighted by molar-refractivity contribution is -0.691. The van der Waals surface area contributed by atoms with Crippen molar-refractivity contribution in [2.24, 2.45) is 10.3 Å². The topological polar surface area (TPSA) is 72.9 Å². The molecule has 0 radical (unpaired) electrons. The van der Waals surface area contributed by atoms with E-state index in [0.29, 0.717) is 6.54 Å². The van der Waals surface area contributed by atoms with Crippen molar-refractivity contribution in [1.29, 1.82) is 0 Å². The van der Waals surface area contributed by atoms with Crippen LogP contribution in [0.2, 0.25) is 0 Å². The van der Waals surface area contributed by atoms with Crippen LogP contribution in [0.25, 0.3) is 0 Å². The first-order chi connectivity index (χ1) is 10.8. The standard InChI is InChI=1S/C16H16N4O2.2BrH/c21-17-13-15-6-11-19(12-7-15)8-3-4-10-20-9-2-1-5-16(20)14-18-22;;/h1-7,9,11-14H,8,10H2;2*1H/b4-3-;;. The third kappa shape index (κ3) is 7.01. The minimum Gasteiger partial charge on any atom is -1.00 e. The number of aromatic nitrogens is 2. The van der Waals surface area contributed by atoms with Crippen LogP contribution in [-0.4, -0.2) is 22.8 Å². The molecule has 2 aromatic heterocycles. The number of pyridine rings is 2. The van der Waals surface area contributed by atoms with Gasteiger partial charge in [-0.1, -0.05) is 10.3 Å². The molecule has 2 heterocycles. The maximum atomic E-state index is 8.63. The SMILES string of the molecule is O/N=C/c1cc[n+](C/C=C\C[n+]2ccccc2/C=N/O)cc1.[Br-].[Br-]. The van der Waals surface area contributed by atoms with Crippen molar-refractivity contribution in [3.05, 3.63) is 72.3 Å². The largest absolute Gasteiger partial charge is 1.00 e. The fourth-order valence-electron chi connectivity index (χ4n) is 1.96. The zero-order valence-electron chi connectivity index (χ0n) is 12.8. The average Bonchev–Trinajstić information content (AvgIpc) is 2.55. The second kappa shape index (κ2) is 12.4. The highest BCUT2D eigenvalue weighted by Crippen LogP contribution is 1.91. The summed E-state index contributed by atoms with van der Waals surface area (Å²) < 4.78 is 3.98. The molecule has 8 heteroatoms. The van der Waals surface area contributed by atoms with E-state index in [1.165, 1.54) is 12.4 Å². The van der Waals surface area contributed by atoms with Gasteiger partial charge in [0, 0.05) is 29.8 Å². The van der Waals surface area contributed by atoms with Gasteiger partial charge in [-0.15, -0.1) is 0 Å². The van der Waals surface area contributed by atoms with Crippen LogP contribution in [0.5, 0.6) is 0 Å². The predicted molar refractivity (Wildman–Crippen MR) is 81.2 cm³/mol. The van der Waals surface area contributed by atoms with Crippen molar-refractivity contribution in [2.75, 3.05) is 0 Å². The van der Waals surface area contributed by atoms with Gasteiger partial charge < -0.3 is 44.4 Å². The van der Waals surface area contributed by atoms with Crippen molar-refractivity contribution in [3.8, 4) is 0 Å². The number of oxime groups is 2. The molecule has 0 saturated carbocycles. The Hall–Kier alpha value is -2.06. The third-order valence-electron chi connectivity index (χ3n) is 3.07. The molecule has 0 aliphatic carbocycles. The van der Waals surface area contributed by atoms with E-state index in [0.717, 1.165) is 17.8 Å². The van der Waals surface area contributed by atoms with E-state index >= 15 is 0 Å². The molecule has 2 N–H and O–H groups in total. The van der Waals surface area contributed by atoms with Crippen molar-refractivity contribution in [2.45, 2.75) is 13.1 Å². The maximum Gasteiger partial charge on any atom is 0.227 e. The van der Waals surface area contributed by atoms with Crippen molar-refractivity contribution < 1.29 is 53.5 Å². The molecular formula is C16H18Br2N4O2. The first-order valence-electron chi connectivity index (χ1n) is 6.81. The number of rotatable bonds is 6. The second-order valence-electron chi connectivity index (χ2n) is 4.57. The number of allylic oxidation sites excluding steroid dienone is 2. The van der Waals surface area contributed by atoms with E-state index in [2.05, 4.69) is 16.4 Å². The average molecular weight is 458 g/mol. The van der Waals surface area contributed by atoms with Gasteiger partial charge in [0.2, 0.25) is 5.69 Å². The second-order valence-corrected chi connectivity index (χ2v) is 4.57. The highest BCUT2D eigenvalue weighted by Gasteiger charge is 2.04. The molecule has 2 aromatic rings. The first kappa shape index (κ1) is 21.9. The number of hydrogen-bond acceptors (Lipinski definition) is 4. The van der Waals surface area contributed by atoms with Gasteiger partial charge >= 0.3 is 0 Å². The van der Waals surface area contributed by atoms with Crippen LogP contribution in [0, 0.1) is 0 Å². The lowest BCUT2D eigenvalue weighted by Crippen LogP contribution is -3.00. The summed E-state index contributed by atoms with van der Waals surface area (Å²) in [6.45, 7) is 1.44. The lowest BCUT2D eigenvalue weighted by Gasteiger charge is -1.95. The van der Waals surface area contributed by atoms with Crippen LogP contribution in [0.4, 0.5) is 0 Å². The number of hydrogen-bond donors (Lipinski definition) is 2. The summed E-state index contributed by atoms with van der Waals surface area (Å²) in [7, 11) is 0. The molecule has 0 fully saturated rings. The molecule has 0 atom stereocenters. The molecule has 0 spiro atoms. The molecule has 0 unspecified atom stereocenters. The van der Waals surface area contributed by atoms with Crippen LogP contribution in [-0.2, 0) is 13.1 Å². The molecule has 6 nitrogen and oxygen atoms in total. The number of halogens is 2. The van der Waals surface area contributed by atoms with E-state index in [1.807, 2.05) is 64.1 Å². The summed E-state index contributed by atoms with van der Waals surface area (Å²) in [5.41, 5.74) is 1.67. The Labute approximate surface area is 161 Å². The smallest absolute Gasteiger partial charge is 0.227 e. The van der Waals surface area contributed by atoms with Crippen molar-refractivity contribution >= 4 is 12.4 Å². The van der Waals surface area contributed by atoms with Gasteiger partial charge in [0.1, 0.15) is 6.21 Å². The van der Waals surface area contributed by atoms with Gasteiger partial charge in [0.15, 0.2) is 31.7 Å². The maximum absolute atomic E-state index is 8.63. The molecule has 0 saturated heterocycles. The zero-order valence-corrected chi connectivity index (χ0v) is 16.0. The van der Waals surface area contributed by atoms with Crippen LogP contribution >= 0.6 is 0 Å². The molecule has 0 aliphatic rings. The van der Waals surface area contributed by atoms with E-state index in [1.54, 1.807) is 0 Å². The Bertz CT molecular complexity index is 689. The first-order valence-corrected chi connectivity index (χ1v) is 6.81. The summed E-state index contributed by atoms with van der Waals surface area (Å²) in [6, 6.07) is 9.44. The summed E-state index contributed by atoms with van der Waals surface area (Å²) >= 11 is 0. The molecular weight excluding hydrogens is 440 g/mol. The fraction of sp³-hybridized carbons (Fsp3) is 0.125. The molecule has 0 aromatic carbocycles. The van der Waals surface area contributed by atoms with Gasteiger partial charge in [-0.05, 0) is 18.2 Å². The normalized spacial score (nSPS) is 10.8. The summed E-state index contributed by atoms with van der Waals surface area (Å²) in [4.78, 5) is 0. The quantitative estimate of drug-likeness (QED) is 0.150.